The first-order chi connectivity index (χ1) is 13.4. The van der Waals surface area contributed by atoms with Gasteiger partial charge in [-0.05, 0) is 37.1 Å². The Morgan fingerprint density at radius 2 is 1.86 bits per heavy atom. The minimum absolute atomic E-state index is 0.131. The molecule has 9 nitrogen and oxygen atoms in total. The van der Waals surface area contributed by atoms with Crippen LogP contribution in [0.5, 0.6) is 11.9 Å². The molecular weight excluding hydrogens is 384 g/mol. The number of hydrogen-bond donors (Lipinski definition) is 1. The number of methoxy groups -OCH3 is 1. The van der Waals surface area contributed by atoms with Gasteiger partial charge >= 0.3 is 6.01 Å². The molecule has 2 aromatic rings. The normalized spacial score (nSPS) is 15.8. The van der Waals surface area contributed by atoms with Crippen LogP contribution in [0.25, 0.3) is 0 Å². The number of benzene rings is 1. The molecule has 0 spiro atoms. The monoisotopic (exact) mass is 406 g/mol. The van der Waals surface area contributed by atoms with Crippen LogP contribution in [0.4, 0.5) is 5.69 Å². The molecule has 10 heteroatoms. The van der Waals surface area contributed by atoms with Crippen LogP contribution in [-0.4, -0.2) is 54.9 Å². The van der Waals surface area contributed by atoms with Gasteiger partial charge in [0.2, 0.25) is 21.8 Å². The Labute approximate surface area is 163 Å². The van der Waals surface area contributed by atoms with Gasteiger partial charge in [0.1, 0.15) is 6.10 Å². The number of ether oxygens (including phenoxy) is 2. The van der Waals surface area contributed by atoms with E-state index in [0.29, 0.717) is 37.5 Å². The topological polar surface area (TPSA) is 111 Å². The summed E-state index contributed by atoms with van der Waals surface area (Å²) in [5.41, 5.74) is 0.554. The summed E-state index contributed by atoms with van der Waals surface area (Å²) < 4.78 is 37.9. The lowest BCUT2D eigenvalue weighted by Gasteiger charge is -2.31. The lowest BCUT2D eigenvalue weighted by Crippen LogP contribution is -2.41. The summed E-state index contributed by atoms with van der Waals surface area (Å²) in [7, 11) is -2.12. The van der Waals surface area contributed by atoms with Crippen LogP contribution in [0.15, 0.2) is 41.4 Å². The Hall–Kier alpha value is -2.72. The van der Waals surface area contributed by atoms with Gasteiger partial charge in [-0.2, -0.15) is 9.29 Å². The number of nitrogens with one attached hydrogen (secondary N) is 1. The molecule has 1 saturated heterocycles. The van der Waals surface area contributed by atoms with Crippen molar-refractivity contribution in [3.63, 3.8) is 0 Å². The molecule has 1 aromatic heterocycles. The molecule has 1 aliphatic rings. The summed E-state index contributed by atoms with van der Waals surface area (Å²) in [5, 5.41) is 2.62. The number of nitrogens with zero attached hydrogens (tertiary/aromatic N) is 3. The third-order valence-corrected chi connectivity index (χ3v) is 6.20. The summed E-state index contributed by atoms with van der Waals surface area (Å²) in [6.07, 6.45) is 2.52. The molecule has 150 valence electrons. The van der Waals surface area contributed by atoms with Crippen LogP contribution in [-0.2, 0) is 14.8 Å². The van der Waals surface area contributed by atoms with Crippen molar-refractivity contribution in [1.29, 1.82) is 0 Å². The van der Waals surface area contributed by atoms with E-state index in [1.54, 1.807) is 24.4 Å². The van der Waals surface area contributed by atoms with Crippen LogP contribution in [0.1, 0.15) is 19.8 Å². The van der Waals surface area contributed by atoms with E-state index in [4.69, 9.17) is 9.47 Å². The van der Waals surface area contributed by atoms with E-state index in [2.05, 4.69) is 15.3 Å². The first kappa shape index (κ1) is 20.0. The van der Waals surface area contributed by atoms with Gasteiger partial charge in [0.05, 0.1) is 12.0 Å². The summed E-state index contributed by atoms with van der Waals surface area (Å²) in [5.74, 6) is 0.195. The highest BCUT2D eigenvalue weighted by molar-refractivity contribution is 7.89. The molecule has 1 aromatic carbocycles. The fraction of sp³-hybridized carbons (Fsp3) is 0.389. The fourth-order valence-corrected chi connectivity index (χ4v) is 4.38. The zero-order valence-corrected chi connectivity index (χ0v) is 16.5. The third-order valence-electron chi connectivity index (χ3n) is 4.29. The van der Waals surface area contributed by atoms with E-state index in [9.17, 15) is 13.2 Å². The largest absolute Gasteiger partial charge is 0.474 e. The number of amides is 1. The highest BCUT2D eigenvalue weighted by Crippen LogP contribution is 2.24. The molecule has 0 bridgehead atoms. The maximum Gasteiger partial charge on any atom is 0.319 e. The number of carbonyl (C=O) groups is 1. The second-order valence-corrected chi connectivity index (χ2v) is 8.25. The highest BCUT2D eigenvalue weighted by Gasteiger charge is 2.30. The number of anilines is 1. The van der Waals surface area contributed by atoms with Crippen molar-refractivity contribution in [2.75, 3.05) is 25.5 Å². The van der Waals surface area contributed by atoms with E-state index >= 15 is 0 Å². The first-order valence-electron chi connectivity index (χ1n) is 8.80. The molecule has 0 aliphatic carbocycles. The molecule has 28 heavy (non-hydrogen) atoms. The minimum atomic E-state index is -3.59. The fourth-order valence-electron chi connectivity index (χ4n) is 2.91. The average molecular weight is 406 g/mol. The zero-order valence-electron chi connectivity index (χ0n) is 15.7. The predicted molar refractivity (Wildman–Crippen MR) is 102 cm³/mol. The predicted octanol–water partition coefficient (Wildman–Crippen LogP) is 1.68. The molecule has 1 aliphatic heterocycles. The van der Waals surface area contributed by atoms with Gasteiger partial charge < -0.3 is 14.8 Å². The van der Waals surface area contributed by atoms with Crippen LogP contribution in [0.2, 0.25) is 0 Å². The smallest absolute Gasteiger partial charge is 0.319 e. The van der Waals surface area contributed by atoms with E-state index < -0.39 is 10.0 Å². The number of piperidine rings is 1. The second kappa shape index (κ2) is 8.53. The third kappa shape index (κ3) is 4.76. The van der Waals surface area contributed by atoms with Crippen molar-refractivity contribution in [3.05, 3.63) is 36.5 Å². The minimum Gasteiger partial charge on any atom is -0.474 e. The summed E-state index contributed by atoms with van der Waals surface area (Å²) in [4.78, 5) is 19.3. The van der Waals surface area contributed by atoms with Crippen LogP contribution < -0.4 is 14.8 Å². The second-order valence-electron chi connectivity index (χ2n) is 6.31. The molecule has 0 atom stereocenters. The average Bonchev–Trinajstić information content (AvgIpc) is 2.68. The lowest BCUT2D eigenvalue weighted by atomic mass is 10.1. The Bertz CT molecular complexity index is 925. The van der Waals surface area contributed by atoms with E-state index in [1.165, 1.54) is 30.5 Å². The first-order valence-corrected chi connectivity index (χ1v) is 10.2. The van der Waals surface area contributed by atoms with Crippen molar-refractivity contribution >= 4 is 21.6 Å². The van der Waals surface area contributed by atoms with E-state index in [0.717, 1.165) is 0 Å². The summed E-state index contributed by atoms with van der Waals surface area (Å²) >= 11 is 0. The Kier molecular flexibility index (Phi) is 6.10. The van der Waals surface area contributed by atoms with E-state index in [-0.39, 0.29) is 22.9 Å². The van der Waals surface area contributed by atoms with Crippen molar-refractivity contribution < 1.29 is 22.7 Å². The molecule has 2 heterocycles. The van der Waals surface area contributed by atoms with Gasteiger partial charge in [-0.15, -0.1) is 0 Å². The quantitative estimate of drug-likeness (QED) is 0.777. The molecule has 0 unspecified atom stereocenters. The van der Waals surface area contributed by atoms with Gasteiger partial charge in [0.15, 0.2) is 0 Å². The molecular formula is C18H22N4O5S. The van der Waals surface area contributed by atoms with Gasteiger partial charge in [-0.3, -0.25) is 4.79 Å². The number of carbonyl (C=O) groups excluding carboxylic acids is 1. The van der Waals surface area contributed by atoms with Gasteiger partial charge in [-0.25, -0.2) is 13.4 Å². The molecule has 0 radical (unpaired) electrons. The van der Waals surface area contributed by atoms with E-state index in [1.807, 2.05) is 0 Å². The number of aromatic nitrogens is 2. The molecule has 0 saturated carbocycles. The van der Waals surface area contributed by atoms with Gasteiger partial charge in [0, 0.05) is 38.0 Å². The standard InChI is InChI=1S/C18H22N4O5S/c1-13(23)20-14-3-5-16(6-4-14)28(24,25)22-11-8-15(9-12-22)27-17-7-10-19-18(21-17)26-2/h3-7,10,15H,8-9,11-12H2,1-2H3,(H,20,23). The Morgan fingerprint density at radius 1 is 1.18 bits per heavy atom. The number of sulfonamides is 1. The molecule has 1 N–H and O–H groups in total. The van der Waals surface area contributed by atoms with Gasteiger partial charge in [0.25, 0.3) is 0 Å². The van der Waals surface area contributed by atoms with Crippen LogP contribution in [0, 0.1) is 0 Å². The summed E-state index contributed by atoms with van der Waals surface area (Å²) in [6, 6.07) is 8.01. The Morgan fingerprint density at radius 3 is 2.46 bits per heavy atom. The zero-order chi connectivity index (χ0) is 20.1. The van der Waals surface area contributed by atoms with Crippen molar-refractivity contribution in [2.24, 2.45) is 0 Å². The van der Waals surface area contributed by atoms with Crippen molar-refractivity contribution in [3.8, 4) is 11.9 Å². The van der Waals surface area contributed by atoms with Crippen molar-refractivity contribution in [2.45, 2.75) is 30.8 Å². The molecule has 3 rings (SSSR count). The maximum absolute atomic E-state index is 12.8. The van der Waals surface area contributed by atoms with Crippen LogP contribution >= 0.6 is 0 Å². The van der Waals surface area contributed by atoms with Crippen molar-refractivity contribution in [1.82, 2.24) is 14.3 Å². The lowest BCUT2D eigenvalue weighted by molar-refractivity contribution is -0.114. The highest BCUT2D eigenvalue weighted by atomic mass is 32.2. The Balaban J connectivity index is 1.60. The van der Waals surface area contributed by atoms with Crippen LogP contribution in [0.3, 0.4) is 0 Å². The molecule has 1 amide bonds. The number of rotatable bonds is 6. The number of hydrogen-bond acceptors (Lipinski definition) is 7. The SMILES string of the molecule is COc1nccc(OC2CCN(S(=O)(=O)c3ccc(NC(C)=O)cc3)CC2)n1. The van der Waals surface area contributed by atoms with Gasteiger partial charge in [-0.1, -0.05) is 0 Å². The summed E-state index contributed by atoms with van der Waals surface area (Å²) in [6.45, 7) is 2.10. The maximum atomic E-state index is 12.8. The molecule has 1 fully saturated rings.